The molecular weight excluding hydrogens is 228 g/mol. The van der Waals surface area contributed by atoms with Crippen LogP contribution >= 0.6 is 0 Å². The Morgan fingerprint density at radius 1 is 1.11 bits per heavy atom. The average Bonchev–Trinajstić information content (AvgIpc) is 2.29. The van der Waals surface area contributed by atoms with Crippen LogP contribution in [0.3, 0.4) is 0 Å². The number of carbonyl (C=O) groups excluding carboxylic acids is 2. The minimum Gasteiger partial charge on any atom is -0.347 e. The summed E-state index contributed by atoms with van der Waals surface area (Å²) in [7, 11) is 0. The van der Waals surface area contributed by atoms with E-state index in [1.807, 2.05) is 45.0 Å². The first kappa shape index (κ1) is 14.2. The highest BCUT2D eigenvalue weighted by molar-refractivity contribution is 5.94. The minimum atomic E-state index is -0.212. The van der Waals surface area contributed by atoms with E-state index < -0.39 is 0 Å². The quantitative estimate of drug-likeness (QED) is 0.838. The number of amides is 2. The summed E-state index contributed by atoms with van der Waals surface area (Å²) in [4.78, 5) is 22.9. The van der Waals surface area contributed by atoms with Crippen molar-refractivity contribution in [3.05, 3.63) is 29.8 Å². The highest BCUT2D eigenvalue weighted by Crippen LogP contribution is 2.07. The Kier molecular flexibility index (Phi) is 5.36. The molecular formula is C14H20N2O2. The molecule has 0 heterocycles. The number of rotatable bonds is 5. The topological polar surface area (TPSA) is 58.2 Å². The van der Waals surface area contributed by atoms with Crippen molar-refractivity contribution >= 4 is 17.5 Å². The van der Waals surface area contributed by atoms with E-state index >= 15 is 0 Å². The van der Waals surface area contributed by atoms with Crippen LogP contribution in [0.15, 0.2) is 24.3 Å². The highest BCUT2D eigenvalue weighted by Gasteiger charge is 2.07. The minimum absolute atomic E-state index is 0.0133. The molecule has 0 radical (unpaired) electrons. The molecule has 0 aliphatic carbocycles. The number of benzene rings is 1. The zero-order chi connectivity index (χ0) is 13.5. The molecule has 0 aromatic heterocycles. The van der Waals surface area contributed by atoms with Gasteiger partial charge in [0, 0.05) is 12.1 Å². The Morgan fingerprint density at radius 3 is 2.28 bits per heavy atom. The fraction of sp³-hybridized carbons (Fsp3) is 0.429. The molecule has 1 aromatic carbocycles. The molecule has 0 aliphatic heterocycles. The number of hydrogen-bond donors (Lipinski definition) is 2. The summed E-state index contributed by atoms with van der Waals surface area (Å²) in [6, 6.07) is 7.52. The van der Waals surface area contributed by atoms with Gasteiger partial charge in [-0.2, -0.15) is 0 Å². The third kappa shape index (κ3) is 5.48. The van der Waals surface area contributed by atoms with Gasteiger partial charge in [-0.3, -0.25) is 9.59 Å². The van der Waals surface area contributed by atoms with Gasteiger partial charge in [-0.1, -0.05) is 31.5 Å². The van der Waals surface area contributed by atoms with Crippen LogP contribution in [0.1, 0.15) is 25.8 Å². The van der Waals surface area contributed by atoms with E-state index in [0.29, 0.717) is 12.3 Å². The van der Waals surface area contributed by atoms with Gasteiger partial charge in [-0.25, -0.2) is 0 Å². The average molecular weight is 248 g/mol. The summed E-state index contributed by atoms with van der Waals surface area (Å²) < 4.78 is 0. The van der Waals surface area contributed by atoms with Crippen LogP contribution in [-0.4, -0.2) is 18.4 Å². The van der Waals surface area contributed by atoms with Crippen molar-refractivity contribution < 1.29 is 9.59 Å². The van der Waals surface area contributed by atoms with Crippen LogP contribution in [0.2, 0.25) is 0 Å². The Balaban J connectivity index is 2.34. The van der Waals surface area contributed by atoms with Crippen LogP contribution in [0.5, 0.6) is 0 Å². The van der Waals surface area contributed by atoms with Gasteiger partial charge in [0.1, 0.15) is 0 Å². The number of nitrogens with one attached hydrogen (secondary N) is 2. The van der Waals surface area contributed by atoms with Crippen molar-refractivity contribution in [2.45, 2.75) is 27.2 Å². The summed E-state index contributed by atoms with van der Waals surface area (Å²) in [6.45, 7) is 5.93. The smallest absolute Gasteiger partial charge is 0.243 e. The van der Waals surface area contributed by atoms with Crippen molar-refractivity contribution in [2.24, 2.45) is 5.92 Å². The zero-order valence-electron chi connectivity index (χ0n) is 11.1. The standard InChI is InChI=1S/C14H20N2O2/c1-10(2)8-13(17)15-9-14(18)16-12-6-4-11(3)5-7-12/h4-7,10H,8-9H2,1-3H3,(H,15,17)(H,16,18). The molecule has 0 atom stereocenters. The van der Waals surface area contributed by atoms with Crippen LogP contribution < -0.4 is 10.6 Å². The van der Waals surface area contributed by atoms with Crippen molar-refractivity contribution in [2.75, 3.05) is 11.9 Å². The van der Waals surface area contributed by atoms with E-state index in [9.17, 15) is 9.59 Å². The van der Waals surface area contributed by atoms with Gasteiger partial charge in [0.15, 0.2) is 0 Å². The molecule has 2 amide bonds. The molecule has 0 fully saturated rings. The van der Waals surface area contributed by atoms with Crippen molar-refractivity contribution in [3.63, 3.8) is 0 Å². The van der Waals surface area contributed by atoms with Gasteiger partial charge in [-0.15, -0.1) is 0 Å². The maximum atomic E-state index is 11.6. The number of hydrogen-bond acceptors (Lipinski definition) is 2. The fourth-order valence-electron chi connectivity index (χ4n) is 1.46. The van der Waals surface area contributed by atoms with E-state index in [1.54, 1.807) is 0 Å². The van der Waals surface area contributed by atoms with Gasteiger partial charge < -0.3 is 10.6 Å². The monoisotopic (exact) mass is 248 g/mol. The van der Waals surface area contributed by atoms with Crippen LogP contribution in [-0.2, 0) is 9.59 Å². The maximum Gasteiger partial charge on any atom is 0.243 e. The third-order valence-electron chi connectivity index (χ3n) is 2.38. The van der Waals surface area contributed by atoms with E-state index in [0.717, 1.165) is 11.3 Å². The second-order valence-electron chi connectivity index (χ2n) is 4.79. The largest absolute Gasteiger partial charge is 0.347 e. The first-order valence-corrected chi connectivity index (χ1v) is 6.10. The van der Waals surface area contributed by atoms with Crippen molar-refractivity contribution in [1.29, 1.82) is 0 Å². The fourth-order valence-corrected chi connectivity index (χ4v) is 1.46. The zero-order valence-corrected chi connectivity index (χ0v) is 11.1. The molecule has 0 unspecified atom stereocenters. The van der Waals surface area contributed by atoms with Gasteiger partial charge >= 0.3 is 0 Å². The molecule has 2 N–H and O–H groups in total. The molecule has 0 saturated carbocycles. The summed E-state index contributed by atoms with van der Waals surface area (Å²) >= 11 is 0. The predicted octanol–water partition coefficient (Wildman–Crippen LogP) is 2.10. The number of carbonyl (C=O) groups is 2. The highest BCUT2D eigenvalue weighted by atomic mass is 16.2. The SMILES string of the molecule is Cc1ccc(NC(=O)CNC(=O)CC(C)C)cc1. The van der Waals surface area contributed by atoms with Gasteiger partial charge in [0.05, 0.1) is 6.54 Å². The summed E-state index contributed by atoms with van der Waals surface area (Å²) in [5.41, 5.74) is 1.88. The van der Waals surface area contributed by atoms with Gasteiger partial charge in [-0.05, 0) is 25.0 Å². The van der Waals surface area contributed by atoms with E-state index in [4.69, 9.17) is 0 Å². The van der Waals surface area contributed by atoms with Crippen LogP contribution in [0, 0.1) is 12.8 Å². The van der Waals surface area contributed by atoms with Crippen molar-refractivity contribution in [3.8, 4) is 0 Å². The lowest BCUT2D eigenvalue weighted by molar-refractivity contribution is -0.124. The molecule has 1 aromatic rings. The van der Waals surface area contributed by atoms with Crippen LogP contribution in [0.4, 0.5) is 5.69 Å². The molecule has 4 heteroatoms. The first-order chi connectivity index (χ1) is 8.47. The summed E-state index contributed by atoms with van der Waals surface area (Å²) in [6.07, 6.45) is 0.442. The van der Waals surface area contributed by atoms with Crippen molar-refractivity contribution in [1.82, 2.24) is 5.32 Å². The van der Waals surface area contributed by atoms with E-state index in [2.05, 4.69) is 10.6 Å². The first-order valence-electron chi connectivity index (χ1n) is 6.10. The molecule has 0 spiro atoms. The second kappa shape index (κ2) is 6.79. The lowest BCUT2D eigenvalue weighted by atomic mass is 10.1. The Labute approximate surface area is 108 Å². The summed E-state index contributed by atoms with van der Waals surface area (Å²) in [5, 5.41) is 5.32. The van der Waals surface area contributed by atoms with E-state index in [1.165, 1.54) is 0 Å². The molecule has 1 rings (SSSR count). The Bertz CT molecular complexity index is 410. The third-order valence-corrected chi connectivity index (χ3v) is 2.38. The number of anilines is 1. The van der Waals surface area contributed by atoms with Crippen LogP contribution in [0.25, 0.3) is 0 Å². The molecule has 98 valence electrons. The lowest BCUT2D eigenvalue weighted by Gasteiger charge is -2.08. The predicted molar refractivity (Wildman–Crippen MR) is 72.3 cm³/mol. The molecule has 4 nitrogen and oxygen atoms in total. The molecule has 18 heavy (non-hydrogen) atoms. The Morgan fingerprint density at radius 2 is 1.72 bits per heavy atom. The molecule has 0 aliphatic rings. The van der Waals surface area contributed by atoms with Gasteiger partial charge in [0.25, 0.3) is 0 Å². The maximum absolute atomic E-state index is 11.6. The molecule has 0 saturated heterocycles. The number of aryl methyl sites for hydroxylation is 1. The van der Waals surface area contributed by atoms with E-state index in [-0.39, 0.29) is 18.4 Å². The second-order valence-corrected chi connectivity index (χ2v) is 4.79. The normalized spacial score (nSPS) is 10.2. The molecule has 0 bridgehead atoms. The van der Waals surface area contributed by atoms with Gasteiger partial charge in [0.2, 0.25) is 11.8 Å². The lowest BCUT2D eigenvalue weighted by Crippen LogP contribution is -2.33. The Hall–Kier alpha value is -1.84. The summed E-state index contributed by atoms with van der Waals surface area (Å²) in [5.74, 6) is -0.00910.